The molecule has 2 fully saturated rings. The summed E-state index contributed by atoms with van der Waals surface area (Å²) in [5.41, 5.74) is 1.02. The third-order valence-electron chi connectivity index (χ3n) is 5.31. The summed E-state index contributed by atoms with van der Waals surface area (Å²) in [6, 6.07) is 5.54. The fourth-order valence-electron chi connectivity index (χ4n) is 4.09. The number of piperidine rings is 1. The van der Waals surface area contributed by atoms with Crippen molar-refractivity contribution < 1.29 is 9.18 Å². The molecule has 2 aliphatic rings. The Balaban J connectivity index is 1.55. The minimum Gasteiger partial charge on any atom is -0.333 e. The van der Waals surface area contributed by atoms with Gasteiger partial charge in [-0.15, -0.1) is 0 Å². The zero-order valence-electron chi connectivity index (χ0n) is 13.5. The molecule has 4 nitrogen and oxygen atoms in total. The van der Waals surface area contributed by atoms with Crippen LogP contribution < -0.4 is 0 Å². The van der Waals surface area contributed by atoms with Gasteiger partial charge in [-0.25, -0.2) is 4.39 Å². The molecule has 2 aromatic rings. The number of nitrogens with zero attached hydrogens (tertiary/aromatic N) is 3. The van der Waals surface area contributed by atoms with Gasteiger partial charge in [0, 0.05) is 23.8 Å². The van der Waals surface area contributed by atoms with Gasteiger partial charge < -0.3 is 4.90 Å². The van der Waals surface area contributed by atoms with E-state index in [1.54, 1.807) is 25.3 Å². The summed E-state index contributed by atoms with van der Waals surface area (Å²) in [6.07, 6.45) is 7.65. The molecule has 1 amide bonds. The molecule has 3 heterocycles. The van der Waals surface area contributed by atoms with Gasteiger partial charge in [-0.1, -0.05) is 6.07 Å². The van der Waals surface area contributed by atoms with Crippen molar-refractivity contribution in [2.75, 3.05) is 0 Å². The second-order valence-corrected chi connectivity index (χ2v) is 7.74. The first kappa shape index (κ1) is 15.8. The Kier molecular flexibility index (Phi) is 3.95. The van der Waals surface area contributed by atoms with Gasteiger partial charge >= 0.3 is 0 Å². The average molecular weight is 392 g/mol. The molecule has 6 heteroatoms. The lowest BCUT2D eigenvalue weighted by Gasteiger charge is -2.39. The fraction of sp³-hybridized carbons (Fsp3) is 0.444. The average Bonchev–Trinajstić information content (AvgIpc) is 3.10. The first-order valence-electron chi connectivity index (χ1n) is 8.31. The Morgan fingerprint density at radius 3 is 2.54 bits per heavy atom. The summed E-state index contributed by atoms with van der Waals surface area (Å²) in [5.74, 6) is -0.356. The van der Waals surface area contributed by atoms with Crippen molar-refractivity contribution in [2.24, 2.45) is 0 Å². The van der Waals surface area contributed by atoms with E-state index < -0.39 is 0 Å². The van der Waals surface area contributed by atoms with E-state index in [1.165, 1.54) is 6.07 Å². The molecule has 1 aromatic heterocycles. The quantitative estimate of drug-likeness (QED) is 0.772. The van der Waals surface area contributed by atoms with E-state index in [0.717, 1.165) is 30.2 Å². The molecule has 126 valence electrons. The molecule has 2 bridgehead atoms. The topological polar surface area (TPSA) is 38.1 Å². The molecule has 1 aromatic carbocycles. The normalized spacial score (nSPS) is 26.0. The minimum absolute atomic E-state index is 0.0403. The van der Waals surface area contributed by atoms with Gasteiger partial charge in [-0.3, -0.25) is 9.48 Å². The van der Waals surface area contributed by atoms with Crippen molar-refractivity contribution in [3.8, 4) is 0 Å². The van der Waals surface area contributed by atoms with Gasteiger partial charge in [0.25, 0.3) is 5.91 Å². The smallest absolute Gasteiger partial charge is 0.254 e. The van der Waals surface area contributed by atoms with Crippen LogP contribution in [0, 0.1) is 12.7 Å². The molecular weight excluding hydrogens is 373 g/mol. The van der Waals surface area contributed by atoms with Crippen molar-refractivity contribution in [2.45, 2.75) is 50.7 Å². The lowest BCUT2D eigenvalue weighted by Crippen LogP contribution is -2.47. The lowest BCUT2D eigenvalue weighted by atomic mass is 9.96. The Hall–Kier alpha value is -1.69. The van der Waals surface area contributed by atoms with Crippen LogP contribution in [0.5, 0.6) is 0 Å². The van der Waals surface area contributed by atoms with Gasteiger partial charge in [0.15, 0.2) is 0 Å². The number of carbonyl (C=O) groups excluding carboxylic acids is 1. The molecule has 2 atom stereocenters. The summed E-state index contributed by atoms with van der Waals surface area (Å²) < 4.78 is 16.8. The zero-order chi connectivity index (χ0) is 16.8. The van der Waals surface area contributed by atoms with Gasteiger partial charge in [-0.2, -0.15) is 5.10 Å². The van der Waals surface area contributed by atoms with Crippen molar-refractivity contribution in [1.82, 2.24) is 14.7 Å². The van der Waals surface area contributed by atoms with Crippen LogP contribution in [-0.2, 0) is 0 Å². The van der Waals surface area contributed by atoms with Crippen LogP contribution >= 0.6 is 15.9 Å². The van der Waals surface area contributed by atoms with Crippen molar-refractivity contribution in [3.05, 3.63) is 52.0 Å². The molecule has 2 unspecified atom stereocenters. The Morgan fingerprint density at radius 1 is 1.25 bits per heavy atom. The molecular formula is C18H19BrFN3O. The summed E-state index contributed by atoms with van der Waals surface area (Å²) in [6.45, 7) is 1.71. The molecule has 2 aliphatic heterocycles. The van der Waals surface area contributed by atoms with Crippen LogP contribution in [0.3, 0.4) is 0 Å². The highest BCUT2D eigenvalue weighted by molar-refractivity contribution is 9.10. The maximum Gasteiger partial charge on any atom is 0.254 e. The van der Waals surface area contributed by atoms with Crippen LogP contribution in [0.25, 0.3) is 0 Å². The maximum atomic E-state index is 13.8. The van der Waals surface area contributed by atoms with E-state index >= 15 is 0 Å². The number of hydrogen-bond donors (Lipinski definition) is 0. The second-order valence-electron chi connectivity index (χ2n) is 6.83. The standard InChI is InChI=1S/C18H19BrFN3O/c1-11-2-3-12(6-17(11)20)18(24)23-14-4-5-15(23)8-16(7-14)22-10-13(19)9-21-22/h2-3,6,9-10,14-16H,4-5,7-8H2,1H3. The molecule has 0 saturated carbocycles. The number of halogens is 2. The predicted octanol–water partition coefficient (Wildman–Crippen LogP) is 4.10. The number of fused-ring (bicyclic) bond motifs is 2. The summed E-state index contributed by atoms with van der Waals surface area (Å²) in [4.78, 5) is 14.9. The van der Waals surface area contributed by atoms with Gasteiger partial charge in [-0.05, 0) is 66.2 Å². The first-order valence-corrected chi connectivity index (χ1v) is 9.10. The van der Waals surface area contributed by atoms with Gasteiger partial charge in [0.1, 0.15) is 5.82 Å². The molecule has 24 heavy (non-hydrogen) atoms. The van der Waals surface area contributed by atoms with Crippen LogP contribution in [0.15, 0.2) is 35.1 Å². The lowest BCUT2D eigenvalue weighted by molar-refractivity contribution is 0.0523. The largest absolute Gasteiger partial charge is 0.333 e. The SMILES string of the molecule is Cc1ccc(C(=O)N2C3CCC2CC(n2cc(Br)cn2)C3)cc1F. The van der Waals surface area contributed by atoms with E-state index in [2.05, 4.69) is 21.0 Å². The second kappa shape index (κ2) is 5.99. The van der Waals surface area contributed by atoms with Gasteiger partial charge in [0.05, 0.1) is 16.7 Å². The number of aryl methyl sites for hydroxylation is 1. The Bertz CT molecular complexity index is 776. The highest BCUT2D eigenvalue weighted by atomic mass is 79.9. The van der Waals surface area contributed by atoms with E-state index in [-0.39, 0.29) is 23.8 Å². The third-order valence-corrected chi connectivity index (χ3v) is 5.72. The molecule has 0 aliphatic carbocycles. The van der Waals surface area contributed by atoms with E-state index in [9.17, 15) is 9.18 Å². The molecule has 0 N–H and O–H groups in total. The first-order chi connectivity index (χ1) is 11.5. The van der Waals surface area contributed by atoms with Crippen LogP contribution in [0.2, 0.25) is 0 Å². The number of hydrogen-bond acceptors (Lipinski definition) is 2. The van der Waals surface area contributed by atoms with Crippen molar-refractivity contribution in [3.63, 3.8) is 0 Å². The minimum atomic E-state index is -0.315. The molecule has 0 spiro atoms. The fourth-order valence-corrected chi connectivity index (χ4v) is 4.39. The molecule has 0 radical (unpaired) electrons. The number of aromatic nitrogens is 2. The predicted molar refractivity (Wildman–Crippen MR) is 92.3 cm³/mol. The summed E-state index contributed by atoms with van der Waals surface area (Å²) >= 11 is 3.44. The summed E-state index contributed by atoms with van der Waals surface area (Å²) in [7, 11) is 0. The molecule has 4 rings (SSSR count). The highest BCUT2D eigenvalue weighted by Gasteiger charge is 2.44. The monoisotopic (exact) mass is 391 g/mol. The number of benzene rings is 1. The van der Waals surface area contributed by atoms with Crippen LogP contribution in [-0.4, -0.2) is 32.7 Å². The third kappa shape index (κ3) is 2.66. The van der Waals surface area contributed by atoms with E-state index in [4.69, 9.17) is 0 Å². The van der Waals surface area contributed by atoms with Gasteiger partial charge in [0.2, 0.25) is 0 Å². The summed E-state index contributed by atoms with van der Waals surface area (Å²) in [5, 5.41) is 4.40. The van der Waals surface area contributed by atoms with E-state index in [1.807, 2.05) is 15.8 Å². The highest BCUT2D eigenvalue weighted by Crippen LogP contribution is 2.41. The van der Waals surface area contributed by atoms with Crippen molar-refractivity contribution in [1.29, 1.82) is 0 Å². The Labute approximate surface area is 148 Å². The Morgan fingerprint density at radius 2 is 1.96 bits per heavy atom. The maximum absolute atomic E-state index is 13.8. The zero-order valence-corrected chi connectivity index (χ0v) is 15.0. The van der Waals surface area contributed by atoms with Crippen LogP contribution in [0.4, 0.5) is 4.39 Å². The molecule has 2 saturated heterocycles. The number of carbonyl (C=O) groups is 1. The number of amides is 1. The van der Waals surface area contributed by atoms with Crippen molar-refractivity contribution >= 4 is 21.8 Å². The van der Waals surface area contributed by atoms with Crippen LogP contribution in [0.1, 0.15) is 47.6 Å². The van der Waals surface area contributed by atoms with E-state index in [0.29, 0.717) is 17.2 Å². The number of rotatable bonds is 2.